The number of allylic oxidation sites excluding steroid dienone is 1. The van der Waals surface area contributed by atoms with Crippen molar-refractivity contribution < 1.29 is 24.6 Å². The molecule has 2 amide bonds. The number of hydrogen-bond donors (Lipinski definition) is 4. The lowest BCUT2D eigenvalue weighted by Gasteiger charge is -2.69. The fourth-order valence-electron chi connectivity index (χ4n) is 13.4. The van der Waals surface area contributed by atoms with Crippen molar-refractivity contribution in [1.82, 2.24) is 10.6 Å². The van der Waals surface area contributed by atoms with Gasteiger partial charge in [0, 0.05) is 23.5 Å². The number of rotatable bonds is 9. The lowest BCUT2D eigenvalue weighted by atomic mass is 9.36. The second kappa shape index (κ2) is 13.7. The largest absolute Gasteiger partial charge is 0.477 e. The zero-order valence-corrected chi connectivity index (χ0v) is 32.7. The Morgan fingerprint density at radius 3 is 2.37 bits per heavy atom. The number of carbonyl (C=O) groups is 3. The van der Waals surface area contributed by atoms with E-state index in [-0.39, 0.29) is 39.6 Å². The maximum Gasteiger partial charge on any atom is 0.345 e. The van der Waals surface area contributed by atoms with Gasteiger partial charge in [-0.25, -0.2) is 4.79 Å². The third-order valence-electron chi connectivity index (χ3n) is 15.8. The Labute approximate surface area is 314 Å². The molecule has 5 saturated carbocycles. The van der Waals surface area contributed by atoms with E-state index in [0.717, 1.165) is 49.0 Å². The normalized spacial score (nSPS) is 37.5. The molecule has 7 nitrogen and oxygen atoms in total. The van der Waals surface area contributed by atoms with Crippen LogP contribution >= 0.6 is 11.3 Å². The third-order valence-corrected chi connectivity index (χ3v) is 17.0. The standard InChI is InChI=1S/C44H60N2O5S/c1-26(2)30-14-21-44(40(51)46-25-27-8-7-9-28(24-27)38(48)45-23-18-29-10-12-33(52-29)39(49)50)22-15-32-31(37(30)44)11-13-35-42(32,5)19-16-34-41(3,4)36(47)17-20-43(34,35)6/h7-10,12,24,30-32,34-37,47H,1,11,13-23,25H2,2-6H3,(H,45,48)(H,46,51)(H,49,50). The first-order chi connectivity index (χ1) is 24.6. The third kappa shape index (κ3) is 6.08. The van der Waals surface area contributed by atoms with Crippen molar-refractivity contribution >= 4 is 29.1 Å². The van der Waals surface area contributed by atoms with E-state index in [2.05, 4.69) is 51.8 Å². The molecule has 0 saturated heterocycles. The summed E-state index contributed by atoms with van der Waals surface area (Å²) in [6.45, 7) is 17.3. The van der Waals surface area contributed by atoms with Crippen molar-refractivity contribution in [3.8, 4) is 0 Å². The van der Waals surface area contributed by atoms with Gasteiger partial charge < -0.3 is 20.8 Å². The van der Waals surface area contributed by atoms with Gasteiger partial charge in [-0.3, -0.25) is 9.59 Å². The van der Waals surface area contributed by atoms with E-state index in [1.165, 1.54) is 42.6 Å². The Kier molecular flexibility index (Phi) is 9.85. The summed E-state index contributed by atoms with van der Waals surface area (Å²) in [5.41, 5.74) is 2.74. The van der Waals surface area contributed by atoms with Crippen LogP contribution in [0.5, 0.6) is 0 Å². The van der Waals surface area contributed by atoms with Gasteiger partial charge >= 0.3 is 5.97 Å². The minimum Gasteiger partial charge on any atom is -0.477 e. The molecule has 1 heterocycles. The zero-order chi connectivity index (χ0) is 37.2. The van der Waals surface area contributed by atoms with Gasteiger partial charge in [0.15, 0.2) is 0 Å². The Bertz CT molecular complexity index is 1730. The highest BCUT2D eigenvalue weighted by molar-refractivity contribution is 7.13. The fraction of sp³-hybridized carbons (Fsp3) is 0.659. The number of carboxylic acids is 1. The number of thiophene rings is 1. The van der Waals surface area contributed by atoms with Gasteiger partial charge in [0.2, 0.25) is 5.91 Å². The molecule has 5 fully saturated rings. The van der Waals surface area contributed by atoms with Crippen molar-refractivity contribution in [3.63, 3.8) is 0 Å². The molecule has 52 heavy (non-hydrogen) atoms. The molecule has 1 aromatic carbocycles. The second-order valence-electron chi connectivity index (χ2n) is 18.6. The molecule has 7 rings (SSSR count). The molecule has 2 aromatic rings. The van der Waals surface area contributed by atoms with Crippen LogP contribution in [0.2, 0.25) is 0 Å². The molecule has 4 N–H and O–H groups in total. The van der Waals surface area contributed by atoms with Crippen LogP contribution in [0.15, 0.2) is 48.6 Å². The lowest BCUT2D eigenvalue weighted by molar-refractivity contribution is -0.216. The number of carboxylic acid groups (broad SMARTS) is 1. The van der Waals surface area contributed by atoms with Crippen LogP contribution in [0.1, 0.15) is 129 Å². The molecule has 282 valence electrons. The summed E-state index contributed by atoms with van der Waals surface area (Å²) in [7, 11) is 0. The van der Waals surface area contributed by atoms with Crippen LogP contribution in [0.25, 0.3) is 0 Å². The van der Waals surface area contributed by atoms with E-state index in [1.54, 1.807) is 18.2 Å². The second-order valence-corrected chi connectivity index (χ2v) is 19.7. The highest BCUT2D eigenvalue weighted by Gasteiger charge is 2.68. The Morgan fingerprint density at radius 2 is 1.63 bits per heavy atom. The van der Waals surface area contributed by atoms with Crippen LogP contribution in [0.3, 0.4) is 0 Å². The smallest absolute Gasteiger partial charge is 0.345 e. The van der Waals surface area contributed by atoms with E-state index in [0.29, 0.717) is 65.5 Å². The van der Waals surface area contributed by atoms with Crippen molar-refractivity contribution in [1.29, 1.82) is 0 Å². The number of hydrogen-bond acceptors (Lipinski definition) is 5. The first-order valence-corrected chi connectivity index (χ1v) is 20.7. The van der Waals surface area contributed by atoms with Gasteiger partial charge in [0.25, 0.3) is 5.91 Å². The number of fused-ring (bicyclic) bond motifs is 7. The zero-order valence-electron chi connectivity index (χ0n) is 31.9. The summed E-state index contributed by atoms with van der Waals surface area (Å²) in [6, 6.07) is 10.9. The van der Waals surface area contributed by atoms with Crippen LogP contribution in [-0.4, -0.2) is 40.6 Å². The van der Waals surface area contributed by atoms with Crippen LogP contribution in [0.4, 0.5) is 0 Å². The van der Waals surface area contributed by atoms with E-state index >= 15 is 0 Å². The Hall–Kier alpha value is -2.97. The molecule has 8 heteroatoms. The summed E-state index contributed by atoms with van der Waals surface area (Å²) in [4.78, 5) is 40.0. The van der Waals surface area contributed by atoms with Crippen molar-refractivity contribution in [3.05, 3.63) is 69.4 Å². The first kappa shape index (κ1) is 37.3. The average Bonchev–Trinajstić information content (AvgIpc) is 3.75. The van der Waals surface area contributed by atoms with Gasteiger partial charge in [-0.1, -0.05) is 52.0 Å². The van der Waals surface area contributed by atoms with Crippen LogP contribution in [0, 0.1) is 57.2 Å². The number of carbonyl (C=O) groups excluding carboxylic acids is 2. The Balaban J connectivity index is 1.04. The SMILES string of the molecule is C=C(C)C1CCC2(C(=O)NCc3cccc(C(=O)NCCc4ccc(C(=O)O)s4)c3)CCC3C(CCC4C3(C)CCC3C(C)(C)C(O)CCC34C)C12. The number of aliphatic hydroxyl groups excluding tert-OH is 1. The molecule has 5 aliphatic rings. The van der Waals surface area contributed by atoms with E-state index < -0.39 is 5.97 Å². The summed E-state index contributed by atoms with van der Waals surface area (Å²) in [6.07, 6.45) is 11.2. The molecule has 1 aromatic heterocycles. The first-order valence-electron chi connectivity index (χ1n) is 19.9. The predicted octanol–water partition coefficient (Wildman–Crippen LogP) is 8.66. The monoisotopic (exact) mass is 728 g/mol. The minimum atomic E-state index is -0.935. The molecule has 10 atom stereocenters. The molecule has 5 aliphatic carbocycles. The minimum absolute atomic E-state index is 0.0511. The highest BCUT2D eigenvalue weighted by Crippen LogP contribution is 2.73. The van der Waals surface area contributed by atoms with E-state index in [1.807, 2.05) is 18.2 Å². The lowest BCUT2D eigenvalue weighted by Crippen LogP contribution is -2.64. The van der Waals surface area contributed by atoms with Crippen molar-refractivity contribution in [2.75, 3.05) is 6.54 Å². The predicted molar refractivity (Wildman–Crippen MR) is 206 cm³/mol. The van der Waals surface area contributed by atoms with Gasteiger partial charge in [0.05, 0.1) is 11.5 Å². The number of aromatic carboxylic acids is 1. The Morgan fingerprint density at radius 1 is 0.885 bits per heavy atom. The number of amides is 2. The van der Waals surface area contributed by atoms with E-state index in [4.69, 9.17) is 0 Å². The average molecular weight is 729 g/mol. The molecule has 10 unspecified atom stereocenters. The quantitative estimate of drug-likeness (QED) is 0.193. The van der Waals surface area contributed by atoms with Gasteiger partial charge in [-0.2, -0.15) is 0 Å². The molecule has 0 bridgehead atoms. The van der Waals surface area contributed by atoms with Crippen molar-refractivity contribution in [2.45, 2.75) is 118 Å². The van der Waals surface area contributed by atoms with Gasteiger partial charge in [-0.05, 0) is 159 Å². The van der Waals surface area contributed by atoms with Crippen molar-refractivity contribution in [2.24, 2.45) is 57.2 Å². The van der Waals surface area contributed by atoms with E-state index in [9.17, 15) is 24.6 Å². The molecule has 0 radical (unpaired) electrons. The number of nitrogens with one attached hydrogen (secondary N) is 2. The summed E-state index contributed by atoms with van der Waals surface area (Å²) >= 11 is 1.23. The fourth-order valence-corrected chi connectivity index (χ4v) is 14.2. The topological polar surface area (TPSA) is 116 Å². The van der Waals surface area contributed by atoms with Gasteiger partial charge in [0.1, 0.15) is 4.88 Å². The van der Waals surface area contributed by atoms with Crippen LogP contribution in [-0.2, 0) is 17.8 Å². The van der Waals surface area contributed by atoms with Gasteiger partial charge in [-0.15, -0.1) is 11.3 Å². The summed E-state index contributed by atoms with van der Waals surface area (Å²) in [5.74, 6) is 2.07. The number of benzene rings is 1. The summed E-state index contributed by atoms with van der Waals surface area (Å²) in [5, 5.41) is 26.6. The maximum absolute atomic E-state index is 14.6. The molecular weight excluding hydrogens is 669 g/mol. The molecule has 0 spiro atoms. The maximum atomic E-state index is 14.6. The number of aliphatic hydroxyl groups is 1. The highest BCUT2D eigenvalue weighted by atomic mass is 32.1. The van der Waals surface area contributed by atoms with Crippen LogP contribution < -0.4 is 10.6 Å². The molecule has 0 aliphatic heterocycles. The summed E-state index contributed by atoms with van der Waals surface area (Å²) < 4.78 is 0. The molecular formula is C44H60N2O5S.